The van der Waals surface area contributed by atoms with Gasteiger partial charge in [-0.15, -0.1) is 11.3 Å². The Kier molecular flexibility index (Phi) is 6.05. The van der Waals surface area contributed by atoms with Gasteiger partial charge in [-0.3, -0.25) is 0 Å². The molecule has 0 aliphatic heterocycles. The van der Waals surface area contributed by atoms with Gasteiger partial charge in [0.2, 0.25) is 0 Å². The first-order chi connectivity index (χ1) is 25.3. The van der Waals surface area contributed by atoms with Crippen molar-refractivity contribution < 1.29 is 4.42 Å². The van der Waals surface area contributed by atoms with Crippen molar-refractivity contribution >= 4 is 75.3 Å². The highest BCUT2D eigenvalue weighted by atomic mass is 32.1. The van der Waals surface area contributed by atoms with Crippen LogP contribution < -0.4 is 0 Å². The summed E-state index contributed by atoms with van der Waals surface area (Å²) in [6.45, 7) is 0. The van der Waals surface area contributed by atoms with Crippen molar-refractivity contribution in [1.82, 2.24) is 19.5 Å². The van der Waals surface area contributed by atoms with Gasteiger partial charge in [0.1, 0.15) is 11.2 Å². The van der Waals surface area contributed by atoms with E-state index < -0.39 is 0 Å². The van der Waals surface area contributed by atoms with Crippen LogP contribution in [0.1, 0.15) is 0 Å². The van der Waals surface area contributed by atoms with Gasteiger partial charge in [-0.1, -0.05) is 115 Å². The lowest BCUT2D eigenvalue weighted by molar-refractivity contribution is 0.669. The summed E-state index contributed by atoms with van der Waals surface area (Å²) in [6, 6.07) is 54.7. The van der Waals surface area contributed by atoms with Crippen LogP contribution in [-0.4, -0.2) is 19.5 Å². The van der Waals surface area contributed by atoms with Crippen LogP contribution in [0.5, 0.6) is 0 Å². The lowest BCUT2D eigenvalue weighted by atomic mass is 10.0. The molecule has 0 fully saturated rings. The molecule has 0 N–H and O–H groups in total. The van der Waals surface area contributed by atoms with Gasteiger partial charge in [-0.25, -0.2) is 15.0 Å². The van der Waals surface area contributed by atoms with Gasteiger partial charge in [-0.2, -0.15) is 0 Å². The first-order valence-electron chi connectivity index (χ1n) is 17.0. The van der Waals surface area contributed by atoms with Gasteiger partial charge >= 0.3 is 0 Å². The molecule has 4 heterocycles. The standard InChI is InChI=1S/C45H26N4OS/c1-3-13-27(14-4-1)43-46-44(28-15-5-2-6-16-28)48-45(47-43)32-23-24-35(42-39(32)31-19-9-12-22-38(31)51-42)49-33-20-10-7-17-29(33)40-34(49)25-26-37-41(40)30-18-8-11-21-36(30)50-37/h1-26H. The summed E-state index contributed by atoms with van der Waals surface area (Å²) in [7, 11) is 0. The minimum absolute atomic E-state index is 0.648. The van der Waals surface area contributed by atoms with Crippen LogP contribution in [-0.2, 0) is 0 Å². The van der Waals surface area contributed by atoms with Crippen molar-refractivity contribution in [3.05, 3.63) is 158 Å². The summed E-state index contributed by atoms with van der Waals surface area (Å²) in [5, 5.41) is 6.99. The highest BCUT2D eigenvalue weighted by Gasteiger charge is 2.23. The highest BCUT2D eigenvalue weighted by molar-refractivity contribution is 7.26. The molecular formula is C45H26N4OS. The molecule has 5 nitrogen and oxygen atoms in total. The molecule has 11 rings (SSSR count). The molecule has 0 unspecified atom stereocenters. The smallest absolute Gasteiger partial charge is 0.164 e. The number of para-hydroxylation sites is 2. The average molecular weight is 671 g/mol. The van der Waals surface area contributed by atoms with Crippen molar-refractivity contribution in [1.29, 1.82) is 0 Å². The lowest BCUT2D eigenvalue weighted by Crippen LogP contribution is -2.01. The first kappa shape index (κ1) is 28.2. The highest BCUT2D eigenvalue weighted by Crippen LogP contribution is 2.46. The number of hydrogen-bond donors (Lipinski definition) is 0. The molecule has 7 aromatic carbocycles. The number of furan rings is 1. The third-order valence-corrected chi connectivity index (χ3v) is 11.1. The maximum absolute atomic E-state index is 6.36. The number of benzene rings is 7. The normalized spacial score (nSPS) is 11.9. The lowest BCUT2D eigenvalue weighted by Gasteiger charge is -2.13. The van der Waals surface area contributed by atoms with E-state index in [0.717, 1.165) is 60.7 Å². The van der Waals surface area contributed by atoms with E-state index in [-0.39, 0.29) is 0 Å². The number of hydrogen-bond acceptors (Lipinski definition) is 5. The van der Waals surface area contributed by atoms with Crippen LogP contribution in [0, 0.1) is 0 Å². The second-order valence-corrected chi connectivity index (χ2v) is 13.8. The summed E-state index contributed by atoms with van der Waals surface area (Å²) < 4.78 is 11.2. The summed E-state index contributed by atoms with van der Waals surface area (Å²) in [5.41, 5.74) is 8.08. The molecule has 4 aromatic heterocycles. The second-order valence-electron chi connectivity index (χ2n) is 12.8. The fourth-order valence-corrected chi connectivity index (χ4v) is 8.87. The topological polar surface area (TPSA) is 56.7 Å². The van der Waals surface area contributed by atoms with Crippen LogP contribution in [0.3, 0.4) is 0 Å². The molecule has 238 valence electrons. The van der Waals surface area contributed by atoms with E-state index in [1.165, 1.54) is 25.6 Å². The molecule has 0 saturated heterocycles. The molecule has 0 bridgehead atoms. The molecular weight excluding hydrogens is 645 g/mol. The maximum atomic E-state index is 6.36. The first-order valence-corrected chi connectivity index (χ1v) is 17.8. The van der Waals surface area contributed by atoms with Gasteiger partial charge in [-0.05, 0) is 42.5 Å². The Morgan fingerprint density at radius 3 is 1.82 bits per heavy atom. The SMILES string of the molecule is c1ccc(-c2nc(-c3ccccc3)nc(-c3ccc(-n4c5ccccc5c5c6c(ccc54)oc4ccccc46)c4sc5ccccc5c34)n2)cc1. The Morgan fingerprint density at radius 1 is 0.431 bits per heavy atom. The van der Waals surface area contributed by atoms with E-state index in [1.54, 1.807) is 0 Å². The van der Waals surface area contributed by atoms with E-state index in [4.69, 9.17) is 19.4 Å². The number of rotatable bonds is 4. The molecule has 0 amide bonds. The van der Waals surface area contributed by atoms with Gasteiger partial charge in [0.25, 0.3) is 0 Å². The summed E-state index contributed by atoms with van der Waals surface area (Å²) in [6.07, 6.45) is 0. The van der Waals surface area contributed by atoms with Crippen molar-refractivity contribution in [3.63, 3.8) is 0 Å². The monoisotopic (exact) mass is 670 g/mol. The number of aromatic nitrogens is 4. The third kappa shape index (κ3) is 4.24. The molecule has 0 spiro atoms. The zero-order valence-corrected chi connectivity index (χ0v) is 27.9. The van der Waals surface area contributed by atoms with Crippen LogP contribution in [0.25, 0.3) is 104 Å². The molecule has 6 heteroatoms. The Hall–Kier alpha value is -6.63. The van der Waals surface area contributed by atoms with Gasteiger partial charge in [0.15, 0.2) is 17.5 Å². The van der Waals surface area contributed by atoms with Gasteiger partial charge in [0.05, 0.1) is 21.4 Å². The Bertz CT molecular complexity index is 3080. The Morgan fingerprint density at radius 2 is 1.06 bits per heavy atom. The fourth-order valence-electron chi connectivity index (χ4n) is 7.64. The van der Waals surface area contributed by atoms with Crippen LogP contribution in [0.2, 0.25) is 0 Å². The molecule has 0 atom stereocenters. The number of thiophene rings is 1. The second kappa shape index (κ2) is 10.9. The largest absolute Gasteiger partial charge is 0.456 e. The van der Waals surface area contributed by atoms with Crippen molar-refractivity contribution in [2.75, 3.05) is 0 Å². The van der Waals surface area contributed by atoms with E-state index in [2.05, 4.69) is 114 Å². The zero-order valence-electron chi connectivity index (χ0n) is 27.1. The number of fused-ring (bicyclic) bond motifs is 10. The van der Waals surface area contributed by atoms with Gasteiger partial charge in [0, 0.05) is 53.7 Å². The van der Waals surface area contributed by atoms with E-state index >= 15 is 0 Å². The Balaban J connectivity index is 1.24. The maximum Gasteiger partial charge on any atom is 0.164 e. The molecule has 0 saturated carbocycles. The molecule has 0 aliphatic rings. The van der Waals surface area contributed by atoms with Crippen LogP contribution in [0.15, 0.2) is 162 Å². The minimum atomic E-state index is 0.648. The van der Waals surface area contributed by atoms with E-state index in [1.807, 2.05) is 59.9 Å². The minimum Gasteiger partial charge on any atom is -0.456 e. The predicted molar refractivity (Wildman–Crippen MR) is 211 cm³/mol. The zero-order chi connectivity index (χ0) is 33.5. The van der Waals surface area contributed by atoms with E-state index in [9.17, 15) is 0 Å². The molecule has 0 radical (unpaired) electrons. The Labute approximate surface area is 295 Å². The molecule has 0 aliphatic carbocycles. The quantitative estimate of drug-likeness (QED) is 0.187. The predicted octanol–water partition coefficient (Wildman–Crippen LogP) is 12.2. The van der Waals surface area contributed by atoms with Crippen LogP contribution >= 0.6 is 11.3 Å². The molecule has 11 aromatic rings. The summed E-state index contributed by atoms with van der Waals surface area (Å²) in [5.74, 6) is 1.95. The van der Waals surface area contributed by atoms with Crippen molar-refractivity contribution in [3.8, 4) is 39.9 Å². The number of nitrogens with zero attached hydrogens (tertiary/aromatic N) is 4. The average Bonchev–Trinajstić information content (AvgIpc) is 3.88. The molecule has 51 heavy (non-hydrogen) atoms. The van der Waals surface area contributed by atoms with Crippen molar-refractivity contribution in [2.24, 2.45) is 0 Å². The van der Waals surface area contributed by atoms with Crippen LogP contribution in [0.4, 0.5) is 0 Å². The third-order valence-electron chi connectivity index (χ3n) is 9.86. The summed E-state index contributed by atoms with van der Waals surface area (Å²) in [4.78, 5) is 15.3. The van der Waals surface area contributed by atoms with Crippen molar-refractivity contribution in [2.45, 2.75) is 0 Å². The fraction of sp³-hybridized carbons (Fsp3) is 0. The summed E-state index contributed by atoms with van der Waals surface area (Å²) >= 11 is 1.81. The van der Waals surface area contributed by atoms with Gasteiger partial charge < -0.3 is 8.98 Å². The van der Waals surface area contributed by atoms with E-state index in [0.29, 0.717) is 17.5 Å².